The summed E-state index contributed by atoms with van der Waals surface area (Å²) in [7, 11) is 9.75. The molecular weight excluding hydrogens is 1290 g/mol. The van der Waals surface area contributed by atoms with E-state index in [1.807, 2.05) is 0 Å². The monoisotopic (exact) mass is 1380 g/mol. The van der Waals surface area contributed by atoms with Crippen molar-refractivity contribution in [2.75, 3.05) is 0 Å². The van der Waals surface area contributed by atoms with Crippen LogP contribution in [0, 0.1) is 5.41 Å². The molecule has 20 heteroatoms. The summed E-state index contributed by atoms with van der Waals surface area (Å²) in [5, 5.41) is 48.8. The Morgan fingerprint density at radius 1 is 0.456 bits per heavy atom. The van der Waals surface area contributed by atoms with Gasteiger partial charge in [0.2, 0.25) is 0 Å². The molecule has 0 heterocycles. The molecule has 0 radical (unpaired) electrons. The molecule has 0 saturated heterocycles. The van der Waals surface area contributed by atoms with Crippen molar-refractivity contribution in [1.82, 2.24) is 0 Å². The molecule has 0 aromatic rings. The van der Waals surface area contributed by atoms with Crippen LogP contribution < -0.4 is 0 Å². The summed E-state index contributed by atoms with van der Waals surface area (Å²) < 4.78 is 0. The fourth-order valence-electron chi connectivity index (χ4n) is 6.77. The summed E-state index contributed by atoms with van der Waals surface area (Å²) in [5.74, 6) is -5.38. The van der Waals surface area contributed by atoms with Crippen LogP contribution >= 0.6 is 18.8 Å². The van der Waals surface area contributed by atoms with Gasteiger partial charge in [0.25, 0.3) is 11.9 Å². The van der Waals surface area contributed by atoms with E-state index in [0.29, 0.717) is 19.3 Å². The van der Waals surface area contributed by atoms with Crippen LogP contribution in [0.3, 0.4) is 0 Å². The summed E-state index contributed by atoms with van der Waals surface area (Å²) in [6.07, 6.45) is 40.0. The van der Waals surface area contributed by atoms with Gasteiger partial charge in [-0.3, -0.25) is 28.8 Å². The summed E-state index contributed by atoms with van der Waals surface area (Å²) in [6.45, 7) is 6.69. The first-order chi connectivity index (χ1) is 30.8. The second kappa shape index (κ2) is 65.6. The maximum atomic E-state index is 10.4. The molecule has 0 bridgehead atoms. The number of unbranched alkanes of at least 4 members (excludes halogenated alkanes) is 24. The van der Waals surface area contributed by atoms with Crippen molar-refractivity contribution in [3.8, 4) is 0 Å². The number of halogens is 2. The number of aliphatic carboxylic acids is 6. The Balaban J connectivity index is -0.000000111. The molecule has 2 atom stereocenters. The predicted octanol–water partition coefficient (Wildman–Crippen LogP) is 16.8. The number of carboxylic acid groups (broad SMARTS) is 6. The molecule has 2 fully saturated rings. The van der Waals surface area contributed by atoms with Gasteiger partial charge in [-0.05, 0) is 32.1 Å². The van der Waals surface area contributed by atoms with Crippen LogP contribution in [-0.4, -0.2) is 78.5 Å². The van der Waals surface area contributed by atoms with Crippen LogP contribution in [0.5, 0.6) is 0 Å². The zero-order valence-electron chi connectivity index (χ0n) is 42.1. The predicted molar refractivity (Wildman–Crippen MR) is 271 cm³/mol. The van der Waals surface area contributed by atoms with Gasteiger partial charge in [-0.15, -0.1) is 0 Å². The molecule has 2 unspecified atom stereocenters. The number of carboxylic acids is 6. The second-order valence-corrected chi connectivity index (χ2v) is 20.2. The van der Waals surface area contributed by atoms with Crippen LogP contribution in [0.4, 0.5) is 0 Å². The molecule has 0 aromatic carbocycles. The Kier molecular flexibility index (Phi) is 80.6. The number of rotatable bonds is 30. The minimum atomic E-state index is -1.44. The van der Waals surface area contributed by atoms with Gasteiger partial charge in [0, 0.05) is 26.7 Å². The van der Waals surface area contributed by atoms with E-state index >= 15 is 0 Å². The molecule has 2 saturated carbocycles. The molecule has 2 aliphatic carbocycles. The van der Waals surface area contributed by atoms with Gasteiger partial charge in [0.05, 0.1) is 0 Å². The SMILES string of the molecule is CC(=O)O.CC(=O)O.CCCCCCCCCCCCCCCC(=O)O.CCCCCCCCCCCCCCCC(=O)O.O=C(O)C1(C(=O)O)CCC1.[Cl][Pt+2][Cl].[NH-]C1CCCCC1[NH-].[NH2-].[NH2-].[Pt+2]. The van der Waals surface area contributed by atoms with E-state index in [-0.39, 0.29) is 58.3 Å². The van der Waals surface area contributed by atoms with E-state index < -0.39 is 57.7 Å². The first-order valence-corrected chi connectivity index (χ1v) is 30.0. The molecule has 414 valence electrons. The molecule has 16 nitrogen and oxygen atoms in total. The minimum absolute atomic E-state index is 0. The van der Waals surface area contributed by atoms with Gasteiger partial charge < -0.3 is 54.4 Å². The van der Waals surface area contributed by atoms with Crippen molar-refractivity contribution in [3.05, 3.63) is 23.8 Å². The Morgan fingerprint density at radius 3 is 0.765 bits per heavy atom. The topological polar surface area (TPSA) is 338 Å². The summed E-state index contributed by atoms with van der Waals surface area (Å²) in [6, 6.07) is -0.160. The van der Waals surface area contributed by atoms with Crippen LogP contribution in [0.2, 0.25) is 0 Å². The van der Waals surface area contributed by atoms with Gasteiger partial charge in [-0.1, -0.05) is 194 Å². The Morgan fingerprint density at radius 2 is 0.647 bits per heavy atom. The van der Waals surface area contributed by atoms with Gasteiger partial charge in [-0.25, -0.2) is 0 Å². The maximum Gasteiger partial charge on any atom is 2.00 e. The van der Waals surface area contributed by atoms with Crippen molar-refractivity contribution in [1.29, 1.82) is 0 Å². The van der Waals surface area contributed by atoms with E-state index in [4.69, 9.17) is 70.5 Å². The third kappa shape index (κ3) is 73.6. The fraction of sp³-hybridized carbons (Fsp3) is 0.875. The van der Waals surface area contributed by atoms with E-state index in [1.54, 1.807) is 0 Å². The van der Waals surface area contributed by atoms with Crippen LogP contribution in [0.15, 0.2) is 0 Å². The Bertz CT molecular complexity index is 1050. The Hall–Kier alpha value is -1.38. The smallest absolute Gasteiger partial charge is 0.693 e. The van der Waals surface area contributed by atoms with Crippen LogP contribution in [0.1, 0.15) is 252 Å². The molecule has 0 amide bonds. The summed E-state index contributed by atoms with van der Waals surface area (Å²) >= 11 is -0.472. The number of nitrogens with one attached hydrogen (secondary N) is 2. The first kappa shape index (κ1) is 83.5. The molecule has 2 aliphatic rings. The van der Waals surface area contributed by atoms with Gasteiger partial charge in [0.1, 0.15) is 0 Å². The molecular formula is C48H96Cl2N4O12Pt2. The third-order valence-corrected chi connectivity index (χ3v) is 10.8. The van der Waals surface area contributed by atoms with Crippen molar-refractivity contribution in [2.24, 2.45) is 5.41 Å². The van der Waals surface area contributed by atoms with E-state index in [0.717, 1.165) is 52.4 Å². The number of carbonyl (C=O) groups is 6. The fourth-order valence-corrected chi connectivity index (χ4v) is 6.77. The van der Waals surface area contributed by atoms with Gasteiger partial charge >= 0.3 is 80.3 Å². The molecule has 0 aromatic heterocycles. The number of hydrogen-bond donors (Lipinski definition) is 6. The zero-order chi connectivity index (χ0) is 50.6. The van der Waals surface area contributed by atoms with Crippen molar-refractivity contribution in [3.63, 3.8) is 0 Å². The molecule has 2 rings (SSSR count). The Labute approximate surface area is 442 Å². The third-order valence-electron chi connectivity index (χ3n) is 10.8. The average Bonchev–Trinajstić information content (AvgIpc) is 3.19. The van der Waals surface area contributed by atoms with Crippen LogP contribution in [-0.2, 0) is 66.3 Å². The van der Waals surface area contributed by atoms with E-state index in [1.165, 1.54) is 154 Å². The summed E-state index contributed by atoms with van der Waals surface area (Å²) in [4.78, 5) is 59.3. The summed E-state index contributed by atoms with van der Waals surface area (Å²) in [5.41, 5.74) is 13.1. The normalized spacial score (nSPS) is 14.5. The second-order valence-electron chi connectivity index (χ2n) is 16.9. The average molecular weight is 1380 g/mol. The van der Waals surface area contributed by atoms with Crippen molar-refractivity contribution in [2.45, 2.75) is 265 Å². The maximum absolute atomic E-state index is 10.4. The van der Waals surface area contributed by atoms with Crippen LogP contribution in [0.25, 0.3) is 23.8 Å². The zero-order valence-corrected chi connectivity index (χ0v) is 48.1. The molecule has 0 aliphatic heterocycles. The first-order valence-electron chi connectivity index (χ1n) is 24.4. The number of nitrogens with two attached hydrogens (primary N) is 2. The van der Waals surface area contributed by atoms with E-state index in [9.17, 15) is 19.2 Å². The molecule has 68 heavy (non-hydrogen) atoms. The molecule has 0 spiro atoms. The molecule has 12 N–H and O–H groups in total. The minimum Gasteiger partial charge on any atom is -0.693 e. The van der Waals surface area contributed by atoms with Gasteiger partial charge in [-0.2, -0.15) is 12.1 Å². The quantitative estimate of drug-likeness (QED) is 0.0289. The van der Waals surface area contributed by atoms with E-state index in [2.05, 4.69) is 13.8 Å². The van der Waals surface area contributed by atoms with Gasteiger partial charge in [0.15, 0.2) is 5.41 Å². The number of hydrogen-bond acceptors (Lipinski definition) is 6. The van der Waals surface area contributed by atoms with Crippen molar-refractivity contribution >= 4 is 54.7 Å². The van der Waals surface area contributed by atoms with Crippen molar-refractivity contribution < 1.29 is 97.0 Å². The largest absolute Gasteiger partial charge is 2.00 e. The standard InChI is InChI=1S/2C16H32O2.C6H12N2.C6H8O4.2C2H4O2.2ClH.2H2N.2Pt/c2*1-2-3-4-5-6-7-8-9-10-11-12-13-14-15-16(17)18;7-5-3-1-2-4-6(5)8;7-4(8)6(5(9)10)2-1-3-6;2*1-2(3)4;;;;;;/h2*2-15H2,1H3,(H,17,18);5-8H,1-4H2;1-3H2,(H,7,8)(H,9,10);2*1H3,(H,3,4);2*1H;2*1H2;;/q;;-2;;;;;;2*-1;+2;+4/p-2.